The van der Waals surface area contributed by atoms with Gasteiger partial charge in [0.15, 0.2) is 0 Å². The molecule has 0 fully saturated rings. The number of hydrogen-bond donors (Lipinski definition) is 2. The molecule has 4 rings (SSSR count). The summed E-state index contributed by atoms with van der Waals surface area (Å²) in [5.41, 5.74) is 14.7. The molecule has 31 heavy (non-hydrogen) atoms. The zero-order valence-electron chi connectivity index (χ0n) is 16.8. The molecule has 1 unspecified atom stereocenters. The summed E-state index contributed by atoms with van der Waals surface area (Å²) >= 11 is 1.59. The number of amides is 3. The zero-order chi connectivity index (χ0) is 22.1. The second-order valence-electron chi connectivity index (χ2n) is 7.10. The Morgan fingerprint density at radius 3 is 2.52 bits per heavy atom. The van der Waals surface area contributed by atoms with E-state index >= 15 is 0 Å². The molecule has 1 atom stereocenters. The molecule has 3 aromatic rings. The van der Waals surface area contributed by atoms with Gasteiger partial charge in [0.2, 0.25) is 0 Å². The summed E-state index contributed by atoms with van der Waals surface area (Å²) in [6.45, 7) is 0.713. The van der Waals surface area contributed by atoms with Crippen LogP contribution in [0.25, 0.3) is 11.3 Å². The normalized spacial score (nSPS) is 15.2. The average Bonchev–Trinajstić information content (AvgIpc) is 3.18. The molecular weight excluding hydrogens is 412 g/mol. The monoisotopic (exact) mass is 432 g/mol. The van der Waals surface area contributed by atoms with E-state index in [-0.39, 0.29) is 5.56 Å². The largest absolute Gasteiger partial charge is 0.365 e. The molecule has 0 spiro atoms. The van der Waals surface area contributed by atoms with Crippen molar-refractivity contribution in [3.05, 3.63) is 70.9 Å². The molecular formula is C22H20N6O2S. The molecule has 8 nitrogen and oxygen atoms in total. The van der Waals surface area contributed by atoms with Gasteiger partial charge in [0.05, 0.1) is 29.4 Å². The lowest BCUT2D eigenvalue weighted by Crippen LogP contribution is -2.46. The fraction of sp³-hybridized carbons (Fsp3) is 0.182. The van der Waals surface area contributed by atoms with Crippen molar-refractivity contribution in [3.8, 4) is 17.3 Å². The minimum absolute atomic E-state index is 0.263. The van der Waals surface area contributed by atoms with Gasteiger partial charge in [0.1, 0.15) is 11.7 Å². The number of primary amides is 2. The minimum atomic E-state index is -0.647. The van der Waals surface area contributed by atoms with Gasteiger partial charge in [0.25, 0.3) is 5.91 Å². The molecule has 1 aromatic heterocycles. The topological polar surface area (TPSA) is 131 Å². The lowest BCUT2D eigenvalue weighted by atomic mass is 9.94. The van der Waals surface area contributed by atoms with Gasteiger partial charge < -0.3 is 16.4 Å². The highest BCUT2D eigenvalue weighted by Gasteiger charge is 2.37. The maximum absolute atomic E-state index is 12.6. The Kier molecular flexibility index (Phi) is 5.40. The molecule has 4 N–H and O–H groups in total. The van der Waals surface area contributed by atoms with Gasteiger partial charge in [-0.25, -0.2) is 4.79 Å². The van der Waals surface area contributed by atoms with Crippen molar-refractivity contribution in [2.75, 3.05) is 12.8 Å². The Bertz CT molecular complexity index is 1210. The van der Waals surface area contributed by atoms with Crippen molar-refractivity contribution in [1.82, 2.24) is 14.7 Å². The Morgan fingerprint density at radius 1 is 1.16 bits per heavy atom. The van der Waals surface area contributed by atoms with E-state index in [2.05, 4.69) is 6.07 Å². The second kappa shape index (κ2) is 8.16. The smallest absolute Gasteiger partial charge is 0.315 e. The van der Waals surface area contributed by atoms with Crippen LogP contribution in [0.5, 0.6) is 0 Å². The van der Waals surface area contributed by atoms with Crippen LogP contribution in [0, 0.1) is 11.3 Å². The van der Waals surface area contributed by atoms with Gasteiger partial charge in [-0.1, -0.05) is 24.3 Å². The van der Waals surface area contributed by atoms with Crippen molar-refractivity contribution in [2.24, 2.45) is 11.5 Å². The SMILES string of the molecule is CSc1cccc(-c2nn3c(c2C(N)=O)C(c2ccc(C#N)cc2)N(C(N)=O)CC3)c1. The lowest BCUT2D eigenvalue weighted by Gasteiger charge is -2.35. The van der Waals surface area contributed by atoms with Gasteiger partial charge in [0, 0.05) is 17.0 Å². The molecule has 1 aliphatic rings. The van der Waals surface area contributed by atoms with E-state index in [1.54, 1.807) is 40.7 Å². The van der Waals surface area contributed by atoms with Crippen LogP contribution in [-0.2, 0) is 6.54 Å². The Hall–Kier alpha value is -3.77. The first-order valence-electron chi connectivity index (χ1n) is 9.55. The number of carbonyl (C=O) groups is 2. The van der Waals surface area contributed by atoms with E-state index in [9.17, 15) is 9.59 Å². The predicted octanol–water partition coefficient (Wildman–Crippen LogP) is 2.73. The number of rotatable bonds is 4. The molecule has 1 aliphatic heterocycles. The molecule has 2 heterocycles. The van der Waals surface area contributed by atoms with Gasteiger partial charge in [-0.2, -0.15) is 10.4 Å². The number of hydrogen-bond acceptors (Lipinski definition) is 5. The highest BCUT2D eigenvalue weighted by Crippen LogP contribution is 2.38. The van der Waals surface area contributed by atoms with Crippen LogP contribution in [0.2, 0.25) is 0 Å². The van der Waals surface area contributed by atoms with E-state index in [4.69, 9.17) is 21.8 Å². The van der Waals surface area contributed by atoms with Crippen molar-refractivity contribution in [3.63, 3.8) is 0 Å². The first-order valence-corrected chi connectivity index (χ1v) is 10.8. The summed E-state index contributed by atoms with van der Waals surface area (Å²) in [4.78, 5) is 27.4. The second-order valence-corrected chi connectivity index (χ2v) is 7.98. The number of nitrogens with two attached hydrogens (primary N) is 2. The molecule has 0 aliphatic carbocycles. The fourth-order valence-electron chi connectivity index (χ4n) is 3.93. The van der Waals surface area contributed by atoms with Crippen LogP contribution in [0.15, 0.2) is 53.4 Å². The molecule has 2 aromatic carbocycles. The van der Waals surface area contributed by atoms with Gasteiger partial charge in [-0.15, -0.1) is 11.8 Å². The van der Waals surface area contributed by atoms with Gasteiger partial charge >= 0.3 is 6.03 Å². The van der Waals surface area contributed by atoms with Crippen LogP contribution < -0.4 is 11.5 Å². The van der Waals surface area contributed by atoms with Crippen LogP contribution in [0.3, 0.4) is 0 Å². The summed E-state index contributed by atoms with van der Waals surface area (Å²) in [5, 5.41) is 13.8. The number of benzene rings is 2. The van der Waals surface area contributed by atoms with Crippen molar-refractivity contribution < 1.29 is 9.59 Å². The third-order valence-corrected chi connectivity index (χ3v) is 6.07. The number of fused-ring (bicyclic) bond motifs is 1. The van der Waals surface area contributed by atoms with Crippen LogP contribution in [0.1, 0.15) is 33.2 Å². The number of carbonyl (C=O) groups excluding carboxylic acids is 2. The van der Waals surface area contributed by atoms with E-state index in [1.807, 2.05) is 30.5 Å². The van der Waals surface area contributed by atoms with E-state index in [0.29, 0.717) is 35.6 Å². The number of nitriles is 1. The first-order chi connectivity index (χ1) is 14.9. The first kappa shape index (κ1) is 20.5. The predicted molar refractivity (Wildman–Crippen MR) is 117 cm³/mol. The number of nitrogens with zero attached hydrogens (tertiary/aromatic N) is 4. The zero-order valence-corrected chi connectivity index (χ0v) is 17.6. The molecule has 3 amide bonds. The molecule has 0 saturated carbocycles. The summed E-state index contributed by atoms with van der Waals surface area (Å²) < 4.78 is 1.73. The highest BCUT2D eigenvalue weighted by atomic mass is 32.2. The van der Waals surface area contributed by atoms with Crippen LogP contribution >= 0.6 is 11.8 Å². The summed E-state index contributed by atoms with van der Waals surface area (Å²) in [6, 6.07) is 15.4. The van der Waals surface area contributed by atoms with E-state index in [1.165, 1.54) is 4.90 Å². The van der Waals surface area contributed by atoms with Crippen LogP contribution in [-0.4, -0.2) is 39.4 Å². The number of urea groups is 1. The molecule has 0 radical (unpaired) electrons. The molecule has 0 bridgehead atoms. The molecule has 9 heteroatoms. The highest BCUT2D eigenvalue weighted by molar-refractivity contribution is 7.98. The lowest BCUT2D eigenvalue weighted by molar-refractivity contribution is 0.0995. The Balaban J connectivity index is 1.95. The Labute approximate surface area is 183 Å². The fourth-order valence-corrected chi connectivity index (χ4v) is 4.39. The summed E-state index contributed by atoms with van der Waals surface area (Å²) in [5.74, 6) is -0.629. The van der Waals surface area contributed by atoms with Crippen molar-refractivity contribution in [1.29, 1.82) is 5.26 Å². The third kappa shape index (κ3) is 3.62. The van der Waals surface area contributed by atoms with Crippen LogP contribution in [0.4, 0.5) is 4.79 Å². The summed E-state index contributed by atoms with van der Waals surface area (Å²) in [7, 11) is 0. The number of thioether (sulfide) groups is 1. The molecule has 156 valence electrons. The quantitative estimate of drug-likeness (QED) is 0.612. The minimum Gasteiger partial charge on any atom is -0.365 e. The Morgan fingerprint density at radius 2 is 1.90 bits per heavy atom. The number of aromatic nitrogens is 2. The molecule has 0 saturated heterocycles. The van der Waals surface area contributed by atoms with Gasteiger partial charge in [-0.05, 0) is 36.1 Å². The van der Waals surface area contributed by atoms with E-state index in [0.717, 1.165) is 10.5 Å². The van der Waals surface area contributed by atoms with Crippen molar-refractivity contribution >= 4 is 23.7 Å². The van der Waals surface area contributed by atoms with Crippen molar-refractivity contribution in [2.45, 2.75) is 17.5 Å². The third-order valence-electron chi connectivity index (χ3n) is 5.34. The summed E-state index contributed by atoms with van der Waals surface area (Å²) in [6.07, 6.45) is 1.97. The van der Waals surface area contributed by atoms with E-state index < -0.39 is 18.0 Å². The average molecular weight is 433 g/mol. The maximum atomic E-state index is 12.6. The standard InChI is InChI=1S/C22H20N6O2S/c1-31-16-4-2-3-15(11-16)18-17(21(24)29)20-19(14-7-5-13(12-23)6-8-14)27(22(25)30)9-10-28(20)26-18/h2-8,11,19H,9-10H2,1H3,(H2,24,29)(H2,25,30). The maximum Gasteiger partial charge on any atom is 0.315 e. The van der Waals surface area contributed by atoms with Gasteiger partial charge in [-0.3, -0.25) is 9.48 Å².